The Balaban J connectivity index is 1.72. The summed E-state index contributed by atoms with van der Waals surface area (Å²) in [5, 5.41) is 12.3. The van der Waals surface area contributed by atoms with E-state index < -0.39 is 0 Å². The van der Waals surface area contributed by atoms with Gasteiger partial charge in [0.15, 0.2) is 0 Å². The van der Waals surface area contributed by atoms with Crippen molar-refractivity contribution in [1.82, 2.24) is 10.2 Å². The minimum atomic E-state index is -0.154. The van der Waals surface area contributed by atoms with E-state index in [9.17, 15) is 4.79 Å². The standard InChI is InChI=1S/C14H15N3O2S/c1-9-5-2-3-6-10(9)12(18)15-14-17-16-13(20-14)11-7-4-8-19-11/h2-3,5-6,11H,4,7-8H2,1H3,(H,15,17,18). The number of amides is 1. The zero-order valence-corrected chi connectivity index (χ0v) is 11.9. The van der Waals surface area contributed by atoms with Gasteiger partial charge in [0.05, 0.1) is 0 Å². The molecule has 0 radical (unpaired) electrons. The molecule has 0 aliphatic carbocycles. The largest absolute Gasteiger partial charge is 0.371 e. The van der Waals surface area contributed by atoms with E-state index in [-0.39, 0.29) is 12.0 Å². The highest BCUT2D eigenvalue weighted by Gasteiger charge is 2.22. The maximum Gasteiger partial charge on any atom is 0.257 e. The minimum Gasteiger partial charge on any atom is -0.371 e. The van der Waals surface area contributed by atoms with E-state index in [2.05, 4.69) is 15.5 Å². The molecule has 1 aliphatic heterocycles. The van der Waals surface area contributed by atoms with Crippen LogP contribution < -0.4 is 5.32 Å². The van der Waals surface area contributed by atoms with Crippen molar-refractivity contribution < 1.29 is 9.53 Å². The van der Waals surface area contributed by atoms with Gasteiger partial charge in [0.2, 0.25) is 5.13 Å². The molecule has 3 rings (SSSR count). The molecule has 1 atom stereocenters. The second-order valence-electron chi connectivity index (χ2n) is 4.72. The number of rotatable bonds is 3. The van der Waals surface area contributed by atoms with Gasteiger partial charge in [0, 0.05) is 12.2 Å². The Hall–Kier alpha value is -1.79. The van der Waals surface area contributed by atoms with Crippen molar-refractivity contribution in [2.75, 3.05) is 11.9 Å². The predicted molar refractivity (Wildman–Crippen MR) is 77.0 cm³/mol. The van der Waals surface area contributed by atoms with Crippen molar-refractivity contribution >= 4 is 22.4 Å². The molecule has 1 aromatic heterocycles. The number of ether oxygens (including phenoxy) is 1. The third-order valence-electron chi connectivity index (χ3n) is 3.26. The molecule has 1 N–H and O–H groups in total. The van der Waals surface area contributed by atoms with Gasteiger partial charge >= 0.3 is 0 Å². The molecule has 6 heteroatoms. The Morgan fingerprint density at radius 1 is 1.40 bits per heavy atom. The summed E-state index contributed by atoms with van der Waals surface area (Å²) in [4.78, 5) is 12.2. The van der Waals surface area contributed by atoms with E-state index in [1.807, 2.05) is 25.1 Å². The van der Waals surface area contributed by atoms with Crippen LogP contribution in [0.1, 0.15) is 39.9 Å². The summed E-state index contributed by atoms with van der Waals surface area (Å²) in [6.07, 6.45) is 2.06. The molecule has 0 spiro atoms. The first-order valence-corrected chi connectivity index (χ1v) is 7.37. The molecule has 1 saturated heterocycles. The van der Waals surface area contributed by atoms with Crippen LogP contribution in [0.25, 0.3) is 0 Å². The number of carbonyl (C=O) groups excluding carboxylic acids is 1. The van der Waals surface area contributed by atoms with Crippen LogP contribution in [-0.2, 0) is 4.74 Å². The lowest BCUT2D eigenvalue weighted by Crippen LogP contribution is -2.12. The fraction of sp³-hybridized carbons (Fsp3) is 0.357. The van der Waals surface area contributed by atoms with Crippen LogP contribution in [0.5, 0.6) is 0 Å². The first kappa shape index (κ1) is 13.2. The van der Waals surface area contributed by atoms with Crippen LogP contribution in [0, 0.1) is 6.92 Å². The minimum absolute atomic E-state index is 0.0385. The summed E-state index contributed by atoms with van der Waals surface area (Å²) in [6.45, 7) is 2.68. The average molecular weight is 289 g/mol. The molecule has 1 aliphatic rings. The lowest BCUT2D eigenvalue weighted by Gasteiger charge is -2.04. The summed E-state index contributed by atoms with van der Waals surface area (Å²) < 4.78 is 5.56. The van der Waals surface area contributed by atoms with Crippen molar-refractivity contribution in [3.8, 4) is 0 Å². The second kappa shape index (κ2) is 5.68. The van der Waals surface area contributed by atoms with Gasteiger partial charge in [-0.05, 0) is 31.4 Å². The number of aromatic nitrogens is 2. The molecule has 0 saturated carbocycles. The zero-order chi connectivity index (χ0) is 13.9. The topological polar surface area (TPSA) is 64.1 Å². The van der Waals surface area contributed by atoms with Crippen molar-refractivity contribution in [1.29, 1.82) is 0 Å². The van der Waals surface area contributed by atoms with Crippen molar-refractivity contribution in [3.05, 3.63) is 40.4 Å². The Morgan fingerprint density at radius 3 is 3.00 bits per heavy atom. The third kappa shape index (κ3) is 2.71. The van der Waals surface area contributed by atoms with Gasteiger partial charge in [-0.15, -0.1) is 10.2 Å². The maximum absolute atomic E-state index is 12.2. The Morgan fingerprint density at radius 2 is 2.25 bits per heavy atom. The summed E-state index contributed by atoms with van der Waals surface area (Å²) in [7, 11) is 0. The Labute approximate surface area is 121 Å². The number of aryl methyl sites for hydroxylation is 1. The molecule has 1 aromatic carbocycles. The fourth-order valence-electron chi connectivity index (χ4n) is 2.18. The number of nitrogens with one attached hydrogen (secondary N) is 1. The average Bonchev–Trinajstić information content (AvgIpc) is 3.09. The smallest absolute Gasteiger partial charge is 0.257 e. The first-order valence-electron chi connectivity index (χ1n) is 6.56. The first-order chi connectivity index (χ1) is 9.74. The fourth-order valence-corrected chi connectivity index (χ4v) is 3.00. The zero-order valence-electron chi connectivity index (χ0n) is 11.1. The van der Waals surface area contributed by atoms with Crippen LogP contribution in [0.2, 0.25) is 0 Å². The normalized spacial score (nSPS) is 18.1. The van der Waals surface area contributed by atoms with Crippen molar-refractivity contribution in [2.24, 2.45) is 0 Å². The van der Waals surface area contributed by atoms with E-state index in [1.165, 1.54) is 11.3 Å². The van der Waals surface area contributed by atoms with Crippen LogP contribution in [-0.4, -0.2) is 22.7 Å². The molecule has 104 valence electrons. The molecule has 1 unspecified atom stereocenters. The molecule has 1 amide bonds. The predicted octanol–water partition coefficient (Wildman–Crippen LogP) is 2.95. The molecule has 1 fully saturated rings. The SMILES string of the molecule is Cc1ccccc1C(=O)Nc1nnc(C2CCCO2)s1. The monoisotopic (exact) mass is 289 g/mol. The van der Waals surface area contributed by atoms with Crippen LogP contribution >= 0.6 is 11.3 Å². The van der Waals surface area contributed by atoms with Gasteiger partial charge in [-0.2, -0.15) is 0 Å². The van der Waals surface area contributed by atoms with Gasteiger partial charge in [-0.25, -0.2) is 0 Å². The van der Waals surface area contributed by atoms with Crippen LogP contribution in [0.3, 0.4) is 0 Å². The van der Waals surface area contributed by atoms with E-state index >= 15 is 0 Å². The number of carbonyl (C=O) groups is 1. The molecule has 20 heavy (non-hydrogen) atoms. The molecule has 5 nitrogen and oxygen atoms in total. The van der Waals surface area contributed by atoms with Crippen LogP contribution in [0.15, 0.2) is 24.3 Å². The lowest BCUT2D eigenvalue weighted by atomic mass is 10.1. The van der Waals surface area contributed by atoms with E-state index in [0.717, 1.165) is 30.0 Å². The summed E-state index contributed by atoms with van der Waals surface area (Å²) >= 11 is 1.38. The third-order valence-corrected chi connectivity index (χ3v) is 4.19. The summed E-state index contributed by atoms with van der Waals surface area (Å²) in [5.41, 5.74) is 1.59. The van der Waals surface area contributed by atoms with E-state index in [0.29, 0.717) is 10.7 Å². The highest BCUT2D eigenvalue weighted by atomic mass is 32.1. The number of nitrogens with zero attached hydrogens (tertiary/aromatic N) is 2. The van der Waals surface area contributed by atoms with Crippen LogP contribution in [0.4, 0.5) is 5.13 Å². The van der Waals surface area contributed by atoms with Gasteiger partial charge in [-0.1, -0.05) is 29.5 Å². The second-order valence-corrected chi connectivity index (χ2v) is 5.73. The highest BCUT2D eigenvalue weighted by Crippen LogP contribution is 2.32. The van der Waals surface area contributed by atoms with Gasteiger partial charge in [0.25, 0.3) is 5.91 Å². The van der Waals surface area contributed by atoms with E-state index in [4.69, 9.17) is 4.74 Å². The number of hydrogen-bond acceptors (Lipinski definition) is 5. The lowest BCUT2D eigenvalue weighted by molar-refractivity contribution is 0.102. The molecular weight excluding hydrogens is 274 g/mol. The van der Waals surface area contributed by atoms with Gasteiger partial charge < -0.3 is 4.74 Å². The maximum atomic E-state index is 12.2. The van der Waals surface area contributed by atoms with Gasteiger partial charge in [0.1, 0.15) is 11.1 Å². The van der Waals surface area contributed by atoms with Crippen molar-refractivity contribution in [2.45, 2.75) is 25.9 Å². The Bertz CT molecular complexity index is 620. The molecular formula is C14H15N3O2S. The summed E-state index contributed by atoms with van der Waals surface area (Å²) in [5.74, 6) is -0.154. The number of hydrogen-bond donors (Lipinski definition) is 1. The Kier molecular flexibility index (Phi) is 3.75. The molecule has 0 bridgehead atoms. The molecule has 2 aromatic rings. The van der Waals surface area contributed by atoms with Crippen molar-refractivity contribution in [3.63, 3.8) is 0 Å². The van der Waals surface area contributed by atoms with Gasteiger partial charge in [-0.3, -0.25) is 10.1 Å². The number of anilines is 1. The highest BCUT2D eigenvalue weighted by molar-refractivity contribution is 7.15. The molecule has 2 heterocycles. The van der Waals surface area contributed by atoms with E-state index in [1.54, 1.807) is 6.07 Å². The number of benzene rings is 1. The quantitative estimate of drug-likeness (QED) is 0.943. The summed E-state index contributed by atoms with van der Waals surface area (Å²) in [6, 6.07) is 7.46.